The molecule has 0 unspecified atom stereocenters. The number of rotatable bonds is 6. The molecule has 54 heavy (non-hydrogen) atoms. The number of benzene rings is 4. The molecule has 0 aliphatic carbocycles. The summed E-state index contributed by atoms with van der Waals surface area (Å²) >= 11 is 0. The van der Waals surface area contributed by atoms with Gasteiger partial charge < -0.3 is 9.97 Å². The Morgan fingerprint density at radius 2 is 0.944 bits per heavy atom. The second kappa shape index (κ2) is 13.1. The number of H-pyrrole nitrogens is 2. The molecule has 9 rings (SSSR count). The minimum atomic E-state index is -0.713. The van der Waals surface area contributed by atoms with Crippen molar-refractivity contribution in [1.29, 1.82) is 0 Å². The lowest BCUT2D eigenvalue weighted by molar-refractivity contribution is -0.419. The van der Waals surface area contributed by atoms with Gasteiger partial charge in [-0.15, -0.1) is 0 Å². The summed E-state index contributed by atoms with van der Waals surface area (Å²) in [5.41, 5.74) is 8.00. The Balaban J connectivity index is 1.62. The number of aromatic amines is 2. The van der Waals surface area contributed by atoms with Crippen molar-refractivity contribution in [2.24, 2.45) is 0 Å². The van der Waals surface area contributed by atoms with Gasteiger partial charge in [-0.3, -0.25) is 20.2 Å². The Morgan fingerprint density at radius 3 is 1.48 bits per heavy atom. The van der Waals surface area contributed by atoms with E-state index in [0.29, 0.717) is 39.5 Å². The second-order valence-corrected chi connectivity index (χ2v) is 12.8. The van der Waals surface area contributed by atoms with E-state index in [-0.39, 0.29) is 11.0 Å². The number of hydrogen-bond donors (Lipinski definition) is 2. The van der Waals surface area contributed by atoms with E-state index >= 15 is 0 Å². The summed E-state index contributed by atoms with van der Waals surface area (Å²) in [6.45, 7) is 0. The summed E-state index contributed by atoms with van der Waals surface area (Å²) in [6, 6.07) is 46.1. The second-order valence-electron chi connectivity index (χ2n) is 12.8. The highest BCUT2D eigenvalue weighted by molar-refractivity contribution is 6.13. The first-order valence-electron chi connectivity index (χ1n) is 17.2. The molecule has 0 amide bonds. The van der Waals surface area contributed by atoms with E-state index in [9.17, 15) is 20.2 Å². The molecule has 10 heteroatoms. The molecule has 8 bridgehead atoms. The smallest absolute Gasteiger partial charge is 0.355 e. The Labute approximate surface area is 307 Å². The minimum absolute atomic E-state index is 0.0427. The summed E-state index contributed by atoms with van der Waals surface area (Å²) in [5, 5.41) is 25.9. The van der Waals surface area contributed by atoms with E-state index in [1.54, 1.807) is 12.2 Å². The van der Waals surface area contributed by atoms with Crippen LogP contribution in [0.25, 0.3) is 67.6 Å². The monoisotopic (exact) mass is 704 g/mol. The molecule has 2 aliphatic heterocycles. The first-order chi connectivity index (χ1) is 26.4. The van der Waals surface area contributed by atoms with Gasteiger partial charge >= 0.3 is 11.4 Å². The molecule has 0 fully saturated rings. The fourth-order valence-corrected chi connectivity index (χ4v) is 7.27. The first-order valence-corrected chi connectivity index (χ1v) is 17.2. The maximum atomic E-state index is 13.1. The quantitative estimate of drug-likeness (QED) is 0.130. The van der Waals surface area contributed by atoms with Crippen molar-refractivity contribution < 1.29 is 9.85 Å². The van der Waals surface area contributed by atoms with Crippen LogP contribution in [0.3, 0.4) is 0 Å². The maximum absolute atomic E-state index is 13.1. The molecule has 258 valence electrons. The Morgan fingerprint density at radius 1 is 0.463 bits per heavy atom. The summed E-state index contributed by atoms with van der Waals surface area (Å²) in [6.07, 6.45) is 3.51. The van der Waals surface area contributed by atoms with Crippen LogP contribution in [0, 0.1) is 20.2 Å². The van der Waals surface area contributed by atoms with Crippen LogP contribution in [-0.4, -0.2) is 29.8 Å². The van der Waals surface area contributed by atoms with Crippen LogP contribution >= 0.6 is 0 Å². The van der Waals surface area contributed by atoms with Crippen molar-refractivity contribution in [3.63, 3.8) is 0 Å². The molecule has 10 nitrogen and oxygen atoms in total. The number of fused-ring (bicyclic) bond motifs is 8. The first kappa shape index (κ1) is 32.2. The van der Waals surface area contributed by atoms with Gasteiger partial charge in [-0.2, -0.15) is 0 Å². The van der Waals surface area contributed by atoms with Gasteiger partial charge in [-0.25, -0.2) is 9.97 Å². The van der Waals surface area contributed by atoms with Gasteiger partial charge in [0.05, 0.1) is 32.6 Å². The van der Waals surface area contributed by atoms with Crippen molar-refractivity contribution in [1.82, 2.24) is 19.9 Å². The van der Waals surface area contributed by atoms with Crippen LogP contribution in [0.2, 0.25) is 0 Å². The van der Waals surface area contributed by atoms with Gasteiger partial charge in [0.25, 0.3) is 0 Å². The van der Waals surface area contributed by atoms with Crippen molar-refractivity contribution in [3.8, 4) is 22.3 Å². The highest BCUT2D eigenvalue weighted by atomic mass is 16.6. The minimum Gasteiger partial charge on any atom is -0.355 e. The fraction of sp³-hybridized carbons (Fsp3) is 0. The molecule has 2 aliphatic rings. The standard InChI is InChI=1S/C44H28N6O4/c51-49(52)43-35-26-33-22-21-31(45-33)25-32-23-24-34(46-32)36(27-13-5-1-6-14-27)40-37(28-15-7-2-8-16-28)38(29-17-9-3-10-18-29)41(48-40)39(30-19-11-4-12-20-30)42(47-35)44(43)50(53)54/h1-26,46-47H. The van der Waals surface area contributed by atoms with Crippen molar-refractivity contribution >= 4 is 56.7 Å². The normalized spacial score (nSPS) is 12.2. The molecule has 5 heterocycles. The maximum Gasteiger partial charge on any atom is 0.372 e. The van der Waals surface area contributed by atoms with Gasteiger partial charge in [0, 0.05) is 33.3 Å². The zero-order valence-electron chi connectivity index (χ0n) is 28.4. The third-order valence-electron chi connectivity index (χ3n) is 9.52. The van der Waals surface area contributed by atoms with E-state index in [1.165, 1.54) is 6.07 Å². The number of aromatic nitrogens is 4. The molecular weight excluding hydrogens is 677 g/mol. The molecule has 7 aromatic rings. The summed E-state index contributed by atoms with van der Waals surface area (Å²) in [4.78, 5) is 41.5. The average molecular weight is 705 g/mol. The Bertz CT molecular complexity index is 2860. The zero-order valence-corrected chi connectivity index (χ0v) is 28.4. The lowest BCUT2D eigenvalue weighted by atomic mass is 9.88. The molecule has 0 saturated carbocycles. The highest BCUT2D eigenvalue weighted by Gasteiger charge is 2.36. The Kier molecular flexibility index (Phi) is 7.82. The molecular formula is C44H28N6O4. The third kappa shape index (κ3) is 5.55. The largest absolute Gasteiger partial charge is 0.372 e. The van der Waals surface area contributed by atoms with Gasteiger partial charge in [0.15, 0.2) is 0 Å². The van der Waals surface area contributed by atoms with Crippen LogP contribution in [0.5, 0.6) is 0 Å². The SMILES string of the molecule is O=[N+]([O-])c1c([N+](=O)[O-])c2[nH]c1cc1nc(cc3ccc([nH]3)c(-c3ccccc3)c3nc(c2-c2ccccc2)C(c2ccccc2)=C3c2ccccc2)C=C1. The molecule has 0 radical (unpaired) electrons. The predicted octanol–water partition coefficient (Wildman–Crippen LogP) is 10.6. The van der Waals surface area contributed by atoms with Crippen LogP contribution < -0.4 is 0 Å². The van der Waals surface area contributed by atoms with E-state index in [0.717, 1.165) is 38.9 Å². The van der Waals surface area contributed by atoms with Crippen molar-refractivity contribution in [2.75, 3.05) is 0 Å². The van der Waals surface area contributed by atoms with Crippen LogP contribution in [0.4, 0.5) is 11.4 Å². The van der Waals surface area contributed by atoms with Crippen molar-refractivity contribution in [2.45, 2.75) is 0 Å². The highest BCUT2D eigenvalue weighted by Crippen LogP contribution is 2.49. The van der Waals surface area contributed by atoms with Crippen LogP contribution in [0.1, 0.15) is 33.9 Å². The molecule has 4 aromatic carbocycles. The summed E-state index contributed by atoms with van der Waals surface area (Å²) < 4.78 is 0. The number of nitrogens with zero attached hydrogens (tertiary/aromatic N) is 4. The van der Waals surface area contributed by atoms with E-state index in [2.05, 4.69) is 15.0 Å². The average Bonchev–Trinajstić information content (AvgIpc) is 4.00. The van der Waals surface area contributed by atoms with Crippen molar-refractivity contribution in [3.05, 3.63) is 200 Å². The van der Waals surface area contributed by atoms with Gasteiger partial charge in [0.2, 0.25) is 0 Å². The van der Waals surface area contributed by atoms with Crippen LogP contribution in [-0.2, 0) is 0 Å². The van der Waals surface area contributed by atoms with Gasteiger partial charge in [0.1, 0.15) is 11.0 Å². The van der Waals surface area contributed by atoms with E-state index in [1.807, 2.05) is 140 Å². The van der Waals surface area contributed by atoms with Gasteiger partial charge in [-0.1, -0.05) is 121 Å². The van der Waals surface area contributed by atoms with Crippen LogP contribution in [0.15, 0.2) is 146 Å². The molecule has 0 atom stereocenters. The summed E-state index contributed by atoms with van der Waals surface area (Å²) in [7, 11) is 0. The number of nitro groups is 2. The molecule has 2 N–H and O–H groups in total. The van der Waals surface area contributed by atoms with E-state index in [4.69, 9.17) is 4.98 Å². The number of hydrogen-bond acceptors (Lipinski definition) is 6. The van der Waals surface area contributed by atoms with E-state index < -0.39 is 21.2 Å². The number of nitrogens with one attached hydrogen (secondary N) is 2. The lowest BCUT2D eigenvalue weighted by Gasteiger charge is -2.13. The molecule has 0 spiro atoms. The lowest BCUT2D eigenvalue weighted by Crippen LogP contribution is -1.96. The van der Waals surface area contributed by atoms with Gasteiger partial charge in [-0.05, 0) is 58.7 Å². The topological polar surface area (TPSA) is 144 Å². The predicted molar refractivity (Wildman–Crippen MR) is 212 cm³/mol. The third-order valence-corrected chi connectivity index (χ3v) is 9.52. The Hall–Kier alpha value is -7.72. The summed E-state index contributed by atoms with van der Waals surface area (Å²) in [5.74, 6) is 0. The molecule has 0 saturated heterocycles. The molecule has 3 aromatic heterocycles. The fourth-order valence-electron chi connectivity index (χ4n) is 7.27. The zero-order chi connectivity index (χ0) is 36.8.